The Kier molecular flexibility index (Phi) is 14.6. The molecule has 0 aliphatic heterocycles. The van der Waals surface area contributed by atoms with E-state index in [1.807, 2.05) is 50.5 Å². The van der Waals surface area contributed by atoms with Crippen LogP contribution in [0.4, 0.5) is 29.4 Å². The van der Waals surface area contributed by atoms with Crippen molar-refractivity contribution in [2.45, 2.75) is 107 Å². The van der Waals surface area contributed by atoms with Gasteiger partial charge in [-0.1, -0.05) is 37.6 Å². The molecular formula is C42H59N13O7S. The van der Waals surface area contributed by atoms with Gasteiger partial charge in [0.15, 0.2) is 0 Å². The Morgan fingerprint density at radius 2 is 1.70 bits per heavy atom. The van der Waals surface area contributed by atoms with Gasteiger partial charge in [0.25, 0.3) is 6.01 Å². The third-order valence-electron chi connectivity index (χ3n) is 11.3. The number of benzene rings is 2. The van der Waals surface area contributed by atoms with Gasteiger partial charge in [-0.3, -0.25) is 11.2 Å². The number of hydrogen-bond donors (Lipinski definition) is 7. The first-order valence-corrected chi connectivity index (χ1v) is 22.9. The summed E-state index contributed by atoms with van der Waals surface area (Å²) >= 11 is 0. The van der Waals surface area contributed by atoms with Crippen molar-refractivity contribution in [3.8, 4) is 11.5 Å². The summed E-state index contributed by atoms with van der Waals surface area (Å²) in [4.78, 5) is 28.5. The number of rotatable bonds is 18. The van der Waals surface area contributed by atoms with Crippen LogP contribution in [0, 0.1) is 0 Å². The molecule has 2 aliphatic rings. The standard InChI is InChI=1S/C42H59N13O7S/c1-5-9-25-10-7-12-32(36(25)50-39(44)48-34-24-47-42(62-34)63(57,58)53-45)60-28-18-19-31(43)30(22-28)37-29-11-8-13-33(59-27-16-14-26(56)15-17-27)38(29)52-40(51-37)49-35-23-46-41(61-35)55(6-2)21-20-54(3)4/h7-8,10-13,23-24,26-28,30-31,53,56H,5-6,9,14-22,43,45H2,1-4H3,(H3,44,48,50)(H,49,51,52). The van der Waals surface area contributed by atoms with Crippen LogP contribution in [-0.2, 0) is 16.4 Å². The number of aliphatic hydroxyl groups is 1. The zero-order valence-electron chi connectivity index (χ0n) is 36.2. The number of guanidine groups is 1. The van der Waals surface area contributed by atoms with Crippen LogP contribution in [0.5, 0.6) is 11.5 Å². The first-order valence-electron chi connectivity index (χ1n) is 21.4. The van der Waals surface area contributed by atoms with Crippen molar-refractivity contribution in [1.82, 2.24) is 29.7 Å². The maximum Gasteiger partial charge on any atom is 0.333 e. The fourth-order valence-electron chi connectivity index (χ4n) is 8.02. The number of aryl methyl sites for hydroxylation is 1. The van der Waals surface area contributed by atoms with E-state index in [4.69, 9.17) is 45.6 Å². The van der Waals surface area contributed by atoms with E-state index in [0.29, 0.717) is 79.1 Å². The van der Waals surface area contributed by atoms with Gasteiger partial charge in [0.1, 0.15) is 17.0 Å². The third-order valence-corrected chi connectivity index (χ3v) is 12.3. The molecule has 2 fully saturated rings. The third kappa shape index (κ3) is 11.1. The van der Waals surface area contributed by atoms with E-state index in [9.17, 15) is 13.5 Å². The monoisotopic (exact) mass is 889 g/mol. The number of nitrogens with two attached hydrogens (primary N) is 3. The van der Waals surface area contributed by atoms with Gasteiger partial charge >= 0.3 is 15.2 Å². The van der Waals surface area contributed by atoms with E-state index in [-0.39, 0.29) is 42.1 Å². The number of para-hydroxylation sites is 2. The zero-order chi connectivity index (χ0) is 44.7. The zero-order valence-corrected chi connectivity index (χ0v) is 37.0. The molecular weight excluding hydrogens is 831 g/mol. The molecule has 0 radical (unpaired) electrons. The number of fused-ring (bicyclic) bond motifs is 1. The summed E-state index contributed by atoms with van der Waals surface area (Å²) in [5.74, 6) is 6.53. The van der Waals surface area contributed by atoms with E-state index < -0.39 is 15.2 Å². The number of likely N-dealkylation sites (N-methyl/N-ethyl adjacent to an activating group) is 2. The van der Waals surface area contributed by atoms with Gasteiger partial charge in [-0.05, 0) is 90.1 Å². The molecule has 3 heterocycles. The quantitative estimate of drug-likeness (QED) is 0.0273. The lowest BCUT2D eigenvalue weighted by molar-refractivity contribution is 0.0672. The molecule has 20 nitrogen and oxygen atoms in total. The summed E-state index contributed by atoms with van der Waals surface area (Å²) in [5, 5.41) is 16.8. The van der Waals surface area contributed by atoms with Gasteiger partial charge in [0.05, 0.1) is 42.1 Å². The van der Waals surface area contributed by atoms with Gasteiger partial charge in [0.2, 0.25) is 23.7 Å². The van der Waals surface area contributed by atoms with Gasteiger partial charge in [-0.15, -0.1) is 4.83 Å². The molecule has 21 heteroatoms. The lowest BCUT2D eigenvalue weighted by Crippen LogP contribution is -2.39. The van der Waals surface area contributed by atoms with Crippen LogP contribution in [0.3, 0.4) is 0 Å². The number of aliphatic imine (C=N–C) groups is 1. The Labute approximate surface area is 367 Å². The molecule has 63 heavy (non-hydrogen) atoms. The van der Waals surface area contributed by atoms with Crippen LogP contribution in [0.25, 0.3) is 10.9 Å². The fourth-order valence-corrected chi connectivity index (χ4v) is 8.50. The Hall–Kier alpha value is -5.58. The van der Waals surface area contributed by atoms with Gasteiger partial charge in [-0.2, -0.15) is 9.98 Å². The minimum absolute atomic E-state index is 0.0641. The highest BCUT2D eigenvalue weighted by molar-refractivity contribution is 7.89. The van der Waals surface area contributed by atoms with Gasteiger partial charge in [0, 0.05) is 37.0 Å². The summed E-state index contributed by atoms with van der Waals surface area (Å²) in [6.45, 7) is 6.43. The number of aromatic nitrogens is 4. The van der Waals surface area contributed by atoms with Crippen LogP contribution < -0.4 is 47.1 Å². The molecule has 340 valence electrons. The van der Waals surface area contributed by atoms with Crippen LogP contribution in [0.1, 0.15) is 82.4 Å². The normalized spacial score (nSPS) is 20.8. The summed E-state index contributed by atoms with van der Waals surface area (Å²) < 4.78 is 49.0. The number of ether oxygens (including phenoxy) is 2. The second kappa shape index (κ2) is 20.3. The highest BCUT2D eigenvalue weighted by atomic mass is 32.2. The van der Waals surface area contributed by atoms with Crippen molar-refractivity contribution in [3.63, 3.8) is 0 Å². The number of anilines is 4. The van der Waals surface area contributed by atoms with Crippen molar-refractivity contribution in [3.05, 3.63) is 60.0 Å². The van der Waals surface area contributed by atoms with Crippen molar-refractivity contribution >= 4 is 56.3 Å². The number of nitrogens with zero attached hydrogens (tertiary/aromatic N) is 7. The van der Waals surface area contributed by atoms with Gasteiger partial charge < -0.3 is 50.0 Å². The van der Waals surface area contributed by atoms with Crippen LogP contribution in [0.15, 0.2) is 67.8 Å². The summed E-state index contributed by atoms with van der Waals surface area (Å²) in [6.07, 6.45) is 8.38. The lowest BCUT2D eigenvalue weighted by atomic mass is 9.80. The number of hydrazine groups is 1. The number of aliphatic hydroxyl groups excluding tert-OH is 1. The molecule has 0 spiro atoms. The van der Waals surface area contributed by atoms with E-state index in [2.05, 4.69) is 49.2 Å². The maximum absolute atomic E-state index is 12.1. The summed E-state index contributed by atoms with van der Waals surface area (Å²) in [5.41, 5.74) is 16.3. The van der Waals surface area contributed by atoms with Crippen LogP contribution in [-0.4, -0.2) is 102 Å². The molecule has 3 atom stereocenters. The summed E-state index contributed by atoms with van der Waals surface area (Å²) in [7, 11) is -0.0734. The predicted octanol–water partition coefficient (Wildman–Crippen LogP) is 4.62. The number of nitrogens with one attached hydrogen (secondary N) is 3. The SMILES string of the molecule is CCCc1cccc(OC2CCC(N)C(c3nc(Nc4cnc(N(CC)CCN(C)C)o4)nc4c(OC5CCC(O)CC5)cccc34)C2)c1N/C(N)=N/c1cnc(S(=O)(=O)NN)o1. The topological polar surface area (TPSA) is 284 Å². The molecule has 10 N–H and O–H groups in total. The second-order valence-electron chi connectivity index (χ2n) is 16.2. The van der Waals surface area contributed by atoms with E-state index >= 15 is 0 Å². The second-order valence-corrected chi connectivity index (χ2v) is 17.8. The van der Waals surface area contributed by atoms with Crippen molar-refractivity contribution < 1.29 is 31.8 Å². The van der Waals surface area contributed by atoms with Crippen LogP contribution >= 0.6 is 0 Å². The Morgan fingerprint density at radius 3 is 2.44 bits per heavy atom. The van der Waals surface area contributed by atoms with Crippen molar-refractivity contribution in [1.29, 1.82) is 0 Å². The number of hydrogen-bond acceptors (Lipinski definition) is 17. The molecule has 0 saturated heterocycles. The average Bonchev–Trinajstić information content (AvgIpc) is 3.94. The average molecular weight is 890 g/mol. The molecule has 3 unspecified atom stereocenters. The maximum atomic E-state index is 12.1. The first-order chi connectivity index (χ1) is 30.3. The Balaban J connectivity index is 1.19. The number of oxazole rings is 2. The Bertz CT molecular complexity index is 2450. The van der Waals surface area contributed by atoms with Crippen LogP contribution in [0.2, 0.25) is 0 Å². The molecule has 5 aromatic rings. The molecule has 2 aliphatic carbocycles. The lowest BCUT2D eigenvalue weighted by Gasteiger charge is -2.35. The smallest absolute Gasteiger partial charge is 0.333 e. The molecule has 0 bridgehead atoms. The molecule has 3 aromatic heterocycles. The minimum atomic E-state index is -4.13. The minimum Gasteiger partial charge on any atom is -0.488 e. The van der Waals surface area contributed by atoms with E-state index in [1.54, 1.807) is 11.0 Å². The van der Waals surface area contributed by atoms with Gasteiger partial charge in [-0.25, -0.2) is 23.4 Å². The largest absolute Gasteiger partial charge is 0.488 e. The highest BCUT2D eigenvalue weighted by Crippen LogP contribution is 2.41. The van der Waals surface area contributed by atoms with E-state index in [0.717, 1.165) is 61.7 Å². The van der Waals surface area contributed by atoms with Crippen molar-refractivity contribution in [2.24, 2.45) is 22.3 Å². The fraction of sp³-hybridized carbons (Fsp3) is 0.500. The molecule has 0 amide bonds. The predicted molar refractivity (Wildman–Crippen MR) is 240 cm³/mol. The molecule has 2 saturated carbocycles. The molecule has 7 rings (SSSR count). The molecule has 2 aromatic carbocycles. The summed E-state index contributed by atoms with van der Waals surface area (Å²) in [6, 6.07) is 11.9. The first kappa shape index (κ1) is 45.4. The number of sulfonamides is 1. The van der Waals surface area contributed by atoms with E-state index in [1.165, 1.54) is 0 Å². The Morgan fingerprint density at radius 1 is 0.952 bits per heavy atom. The van der Waals surface area contributed by atoms with Crippen molar-refractivity contribution in [2.75, 3.05) is 49.3 Å². The highest BCUT2D eigenvalue weighted by Gasteiger charge is 2.34.